The van der Waals surface area contributed by atoms with Crippen LogP contribution in [0.2, 0.25) is 0 Å². The van der Waals surface area contributed by atoms with Crippen LogP contribution in [0.5, 0.6) is 0 Å². The van der Waals surface area contributed by atoms with Crippen molar-refractivity contribution in [3.63, 3.8) is 0 Å². The highest BCUT2D eigenvalue weighted by Gasteiger charge is 2.20. The third-order valence-electron chi connectivity index (χ3n) is 8.90. The van der Waals surface area contributed by atoms with Crippen LogP contribution in [0.1, 0.15) is 5.56 Å². The lowest BCUT2D eigenvalue weighted by molar-refractivity contribution is 0.668. The fraction of sp³-hybridized carbons (Fsp3) is 0. The molecule has 214 valence electrons. The summed E-state index contributed by atoms with van der Waals surface area (Å²) in [6.45, 7) is 0. The van der Waals surface area contributed by atoms with Gasteiger partial charge in [-0.15, -0.1) is 0 Å². The number of rotatable bonds is 4. The lowest BCUT2D eigenvalue weighted by Gasteiger charge is -2.18. The summed E-state index contributed by atoms with van der Waals surface area (Å²) in [5, 5.41) is 14.5. The molecule has 0 radical (unpaired) electrons. The number of nitriles is 1. The molecule has 9 aromatic rings. The van der Waals surface area contributed by atoms with Gasteiger partial charge in [0.1, 0.15) is 22.3 Å². The Morgan fingerprint density at radius 1 is 0.391 bits per heavy atom. The predicted octanol–water partition coefficient (Wildman–Crippen LogP) is 12.0. The predicted molar refractivity (Wildman–Crippen MR) is 187 cm³/mol. The maximum atomic E-state index is 10.2. The molecule has 0 aliphatic carbocycles. The van der Waals surface area contributed by atoms with Gasteiger partial charge in [-0.25, -0.2) is 0 Å². The first kappa shape index (κ1) is 26.1. The summed E-state index contributed by atoms with van der Waals surface area (Å²) in [5.74, 6) is 0. The number of furan rings is 2. The molecular weight excluding hydrogens is 562 g/mol. The topological polar surface area (TPSA) is 50.1 Å². The fourth-order valence-corrected chi connectivity index (χ4v) is 6.85. The van der Waals surface area contributed by atoms with Gasteiger partial charge in [-0.2, -0.15) is 5.26 Å². The second-order valence-corrected chi connectivity index (χ2v) is 11.6. The van der Waals surface area contributed by atoms with E-state index in [0.717, 1.165) is 88.4 Å². The average molecular weight is 588 g/mol. The standard InChI is InChI=1S/C43H25NO2/c44-26-27-22-30(28-10-2-1-3-11-28)24-31(23-27)42-32(29-20-21-40-37(25-29)33-12-4-6-17-38(33)45-40)14-8-15-34(42)35-16-9-19-41-43(35)36-13-5-7-18-39(36)46-41/h1-25H. The van der Waals surface area contributed by atoms with Crippen molar-refractivity contribution < 1.29 is 8.83 Å². The fourth-order valence-electron chi connectivity index (χ4n) is 6.85. The number of fused-ring (bicyclic) bond motifs is 6. The number of benzene rings is 7. The summed E-state index contributed by atoms with van der Waals surface area (Å²) in [6, 6.07) is 54.4. The van der Waals surface area contributed by atoms with Crippen LogP contribution in [0.3, 0.4) is 0 Å². The van der Waals surface area contributed by atoms with E-state index in [-0.39, 0.29) is 0 Å². The van der Waals surface area contributed by atoms with Gasteiger partial charge in [-0.05, 0) is 93.0 Å². The Morgan fingerprint density at radius 3 is 1.87 bits per heavy atom. The highest BCUT2D eigenvalue weighted by molar-refractivity contribution is 6.15. The van der Waals surface area contributed by atoms with Crippen LogP contribution >= 0.6 is 0 Å². The molecule has 46 heavy (non-hydrogen) atoms. The molecule has 0 N–H and O–H groups in total. The first-order valence-electron chi connectivity index (χ1n) is 15.3. The van der Waals surface area contributed by atoms with Gasteiger partial charge in [0.05, 0.1) is 11.6 Å². The molecule has 2 heterocycles. The molecule has 0 aliphatic heterocycles. The molecule has 3 nitrogen and oxygen atoms in total. The summed E-state index contributed by atoms with van der Waals surface area (Å²) in [5.41, 5.74) is 12.4. The van der Waals surface area contributed by atoms with E-state index in [9.17, 15) is 5.26 Å². The lowest BCUT2D eigenvalue weighted by atomic mass is 9.84. The summed E-state index contributed by atoms with van der Waals surface area (Å²) < 4.78 is 12.5. The first-order chi connectivity index (χ1) is 22.7. The zero-order chi connectivity index (χ0) is 30.6. The summed E-state index contributed by atoms with van der Waals surface area (Å²) in [7, 11) is 0. The van der Waals surface area contributed by atoms with Crippen LogP contribution < -0.4 is 0 Å². The molecule has 9 rings (SSSR count). The van der Waals surface area contributed by atoms with Crippen LogP contribution in [0.4, 0.5) is 0 Å². The largest absolute Gasteiger partial charge is 0.456 e. The van der Waals surface area contributed by atoms with E-state index in [2.05, 4.69) is 91.0 Å². The van der Waals surface area contributed by atoms with Gasteiger partial charge in [-0.3, -0.25) is 0 Å². The molecule has 7 aromatic carbocycles. The Labute approximate surface area is 265 Å². The SMILES string of the molecule is N#Cc1cc(-c2ccccc2)cc(-c2c(-c3ccc4oc5ccccc5c4c3)cccc2-c2cccc3oc4ccccc4c23)c1. The minimum Gasteiger partial charge on any atom is -0.456 e. The Kier molecular flexibility index (Phi) is 5.88. The van der Waals surface area contributed by atoms with Crippen molar-refractivity contribution >= 4 is 43.9 Å². The van der Waals surface area contributed by atoms with Crippen molar-refractivity contribution in [1.29, 1.82) is 5.26 Å². The van der Waals surface area contributed by atoms with Crippen molar-refractivity contribution in [3.8, 4) is 50.6 Å². The van der Waals surface area contributed by atoms with Crippen molar-refractivity contribution in [2.75, 3.05) is 0 Å². The van der Waals surface area contributed by atoms with Gasteiger partial charge >= 0.3 is 0 Å². The van der Waals surface area contributed by atoms with Gasteiger partial charge in [-0.1, -0.05) is 103 Å². The summed E-state index contributed by atoms with van der Waals surface area (Å²) in [6.07, 6.45) is 0. The van der Waals surface area contributed by atoms with Crippen LogP contribution in [0.25, 0.3) is 88.4 Å². The van der Waals surface area contributed by atoms with Crippen LogP contribution in [-0.4, -0.2) is 0 Å². The van der Waals surface area contributed by atoms with E-state index in [1.165, 1.54) is 0 Å². The second-order valence-electron chi connectivity index (χ2n) is 11.6. The molecular formula is C43H25NO2. The Morgan fingerprint density at radius 2 is 1.02 bits per heavy atom. The number of hydrogen-bond acceptors (Lipinski definition) is 3. The second kappa shape index (κ2) is 10.4. The Balaban J connectivity index is 1.38. The number of hydrogen-bond donors (Lipinski definition) is 0. The molecule has 0 saturated carbocycles. The molecule has 2 aromatic heterocycles. The first-order valence-corrected chi connectivity index (χ1v) is 15.3. The smallest absolute Gasteiger partial charge is 0.136 e. The van der Waals surface area contributed by atoms with E-state index in [4.69, 9.17) is 8.83 Å². The Bertz CT molecular complexity index is 2650. The number of nitrogens with zero attached hydrogens (tertiary/aromatic N) is 1. The summed E-state index contributed by atoms with van der Waals surface area (Å²) >= 11 is 0. The van der Waals surface area contributed by atoms with Crippen molar-refractivity contribution in [3.05, 3.63) is 157 Å². The van der Waals surface area contributed by atoms with Gasteiger partial charge in [0.25, 0.3) is 0 Å². The Hall–Kier alpha value is -6.37. The minimum atomic E-state index is 0.611. The molecule has 0 spiro atoms. The van der Waals surface area contributed by atoms with Gasteiger partial charge in [0.15, 0.2) is 0 Å². The molecule has 0 aliphatic rings. The maximum absolute atomic E-state index is 10.2. The third-order valence-corrected chi connectivity index (χ3v) is 8.90. The van der Waals surface area contributed by atoms with Gasteiger partial charge in [0.2, 0.25) is 0 Å². The highest BCUT2D eigenvalue weighted by atomic mass is 16.3. The zero-order valence-electron chi connectivity index (χ0n) is 24.7. The van der Waals surface area contributed by atoms with Crippen LogP contribution in [0.15, 0.2) is 160 Å². The molecule has 0 saturated heterocycles. The zero-order valence-corrected chi connectivity index (χ0v) is 24.7. The summed E-state index contributed by atoms with van der Waals surface area (Å²) in [4.78, 5) is 0. The highest BCUT2D eigenvalue weighted by Crippen LogP contribution is 2.46. The lowest BCUT2D eigenvalue weighted by Crippen LogP contribution is -1.93. The molecule has 0 amide bonds. The van der Waals surface area contributed by atoms with E-state index in [0.29, 0.717) is 5.56 Å². The molecule has 0 bridgehead atoms. The monoisotopic (exact) mass is 587 g/mol. The van der Waals surface area contributed by atoms with E-state index < -0.39 is 0 Å². The number of para-hydroxylation sites is 2. The average Bonchev–Trinajstić information content (AvgIpc) is 3.69. The quantitative estimate of drug-likeness (QED) is 0.206. The molecule has 0 atom stereocenters. The molecule has 3 heteroatoms. The van der Waals surface area contributed by atoms with Crippen molar-refractivity contribution in [2.45, 2.75) is 0 Å². The maximum Gasteiger partial charge on any atom is 0.136 e. The van der Waals surface area contributed by atoms with Crippen LogP contribution in [0, 0.1) is 11.3 Å². The van der Waals surface area contributed by atoms with Crippen molar-refractivity contribution in [1.82, 2.24) is 0 Å². The third kappa shape index (κ3) is 4.13. The molecule has 0 fully saturated rings. The normalized spacial score (nSPS) is 11.5. The van der Waals surface area contributed by atoms with E-state index >= 15 is 0 Å². The molecule has 0 unspecified atom stereocenters. The minimum absolute atomic E-state index is 0.611. The van der Waals surface area contributed by atoms with E-state index in [1.807, 2.05) is 66.7 Å². The van der Waals surface area contributed by atoms with E-state index in [1.54, 1.807) is 0 Å². The van der Waals surface area contributed by atoms with Crippen molar-refractivity contribution in [2.24, 2.45) is 0 Å². The van der Waals surface area contributed by atoms with Crippen LogP contribution in [-0.2, 0) is 0 Å². The van der Waals surface area contributed by atoms with Gasteiger partial charge < -0.3 is 8.83 Å². The van der Waals surface area contributed by atoms with Gasteiger partial charge in [0, 0.05) is 21.5 Å².